The fraction of sp³-hybridized carbons (Fsp3) is 0.562. The van der Waals surface area contributed by atoms with Crippen molar-refractivity contribution in [3.05, 3.63) is 29.8 Å². The van der Waals surface area contributed by atoms with Crippen LogP contribution in [-0.2, 0) is 4.79 Å². The van der Waals surface area contributed by atoms with Gasteiger partial charge in [-0.3, -0.25) is 4.79 Å². The molecule has 0 spiro atoms. The van der Waals surface area contributed by atoms with E-state index in [2.05, 4.69) is 5.32 Å². The van der Waals surface area contributed by atoms with Crippen molar-refractivity contribution in [2.75, 3.05) is 27.2 Å². The number of methoxy groups -OCH3 is 1. The molecule has 0 radical (unpaired) electrons. The maximum absolute atomic E-state index is 12.7. The van der Waals surface area contributed by atoms with Crippen molar-refractivity contribution in [1.82, 2.24) is 10.2 Å². The van der Waals surface area contributed by atoms with E-state index in [1.807, 2.05) is 43.1 Å². The molecule has 1 heterocycles. The molecule has 1 amide bonds. The minimum absolute atomic E-state index is 0.123. The van der Waals surface area contributed by atoms with Gasteiger partial charge in [-0.25, -0.2) is 0 Å². The summed E-state index contributed by atoms with van der Waals surface area (Å²) in [7, 11) is 3.58. The van der Waals surface area contributed by atoms with Crippen molar-refractivity contribution in [3.8, 4) is 5.75 Å². The normalized spacial score (nSPS) is 19.9. The average Bonchev–Trinajstić information content (AvgIpc) is 2.94. The van der Waals surface area contributed by atoms with Gasteiger partial charge in [-0.2, -0.15) is 0 Å². The highest BCUT2D eigenvalue weighted by molar-refractivity contribution is 5.84. The van der Waals surface area contributed by atoms with Gasteiger partial charge in [-0.05, 0) is 44.5 Å². The second-order valence-electron chi connectivity index (χ2n) is 5.38. The van der Waals surface area contributed by atoms with Gasteiger partial charge in [0.05, 0.1) is 13.0 Å². The second-order valence-corrected chi connectivity index (χ2v) is 5.38. The third-order valence-electron chi connectivity index (χ3n) is 4.06. The number of likely N-dealkylation sites (N-methyl/N-ethyl adjacent to an activating group) is 1. The Hall–Kier alpha value is -1.55. The summed E-state index contributed by atoms with van der Waals surface area (Å²) < 4.78 is 5.24. The van der Waals surface area contributed by atoms with Crippen LogP contribution in [0.15, 0.2) is 24.3 Å². The molecule has 4 nitrogen and oxygen atoms in total. The lowest BCUT2D eigenvalue weighted by atomic mass is 9.99. The lowest BCUT2D eigenvalue weighted by molar-refractivity contribution is -0.133. The standard InChI is InChI=1S/C16H24N2O2/c1-12(13-6-4-8-15(10-13)20-3)16(19)18-9-5-7-14(18)11-17-2/h4,6,8,10,12,14,17H,5,7,9,11H2,1-3H3. The molecule has 0 bridgehead atoms. The minimum atomic E-state index is -0.123. The number of carbonyl (C=O) groups excluding carboxylic acids is 1. The van der Waals surface area contributed by atoms with E-state index < -0.39 is 0 Å². The van der Waals surface area contributed by atoms with E-state index in [1.165, 1.54) is 0 Å². The van der Waals surface area contributed by atoms with Gasteiger partial charge in [0.1, 0.15) is 5.75 Å². The van der Waals surface area contributed by atoms with Gasteiger partial charge in [0, 0.05) is 19.1 Å². The van der Waals surface area contributed by atoms with E-state index in [0.717, 1.165) is 37.2 Å². The number of hydrogen-bond donors (Lipinski definition) is 1. The number of benzene rings is 1. The quantitative estimate of drug-likeness (QED) is 0.894. The van der Waals surface area contributed by atoms with Crippen molar-refractivity contribution >= 4 is 5.91 Å². The van der Waals surface area contributed by atoms with E-state index >= 15 is 0 Å². The summed E-state index contributed by atoms with van der Waals surface area (Å²) in [6.07, 6.45) is 2.19. The highest BCUT2D eigenvalue weighted by atomic mass is 16.5. The average molecular weight is 276 g/mol. The molecule has 20 heavy (non-hydrogen) atoms. The summed E-state index contributed by atoms with van der Waals surface area (Å²) in [6.45, 7) is 3.72. The Balaban J connectivity index is 2.11. The first-order valence-corrected chi connectivity index (χ1v) is 7.26. The summed E-state index contributed by atoms with van der Waals surface area (Å²) in [6, 6.07) is 8.12. The molecule has 1 aliphatic rings. The van der Waals surface area contributed by atoms with Gasteiger partial charge in [0.15, 0.2) is 0 Å². The van der Waals surface area contributed by atoms with E-state index in [1.54, 1.807) is 7.11 Å². The Morgan fingerprint density at radius 3 is 3.05 bits per heavy atom. The first-order chi connectivity index (χ1) is 9.67. The molecule has 0 aliphatic carbocycles. The third-order valence-corrected chi connectivity index (χ3v) is 4.06. The first-order valence-electron chi connectivity index (χ1n) is 7.26. The summed E-state index contributed by atoms with van der Waals surface area (Å²) >= 11 is 0. The van der Waals surface area contributed by atoms with Crippen LogP contribution in [0.2, 0.25) is 0 Å². The highest BCUT2D eigenvalue weighted by Gasteiger charge is 2.31. The van der Waals surface area contributed by atoms with Gasteiger partial charge >= 0.3 is 0 Å². The van der Waals surface area contributed by atoms with Crippen LogP contribution in [-0.4, -0.2) is 44.1 Å². The molecule has 0 aromatic heterocycles. The molecule has 1 aromatic carbocycles. The van der Waals surface area contributed by atoms with Gasteiger partial charge in [0.2, 0.25) is 5.91 Å². The van der Waals surface area contributed by atoms with Crippen LogP contribution in [0.25, 0.3) is 0 Å². The predicted octanol–water partition coefficient (Wildman–Crippen LogP) is 2.01. The van der Waals surface area contributed by atoms with E-state index in [-0.39, 0.29) is 11.8 Å². The Morgan fingerprint density at radius 1 is 1.55 bits per heavy atom. The Labute approximate surface area is 121 Å². The Kier molecular flexibility index (Phi) is 5.01. The number of carbonyl (C=O) groups is 1. The maximum atomic E-state index is 12.7. The molecule has 4 heteroatoms. The fourth-order valence-corrected chi connectivity index (χ4v) is 2.88. The number of ether oxygens (including phenoxy) is 1. The number of hydrogen-bond acceptors (Lipinski definition) is 3. The van der Waals surface area contributed by atoms with Crippen LogP contribution in [0.3, 0.4) is 0 Å². The maximum Gasteiger partial charge on any atom is 0.230 e. The summed E-state index contributed by atoms with van der Waals surface area (Å²) in [4.78, 5) is 14.7. The van der Waals surface area contributed by atoms with E-state index in [0.29, 0.717) is 6.04 Å². The largest absolute Gasteiger partial charge is 0.497 e. The van der Waals surface area contributed by atoms with Crippen molar-refractivity contribution < 1.29 is 9.53 Å². The molecular formula is C16H24N2O2. The van der Waals surface area contributed by atoms with E-state index in [4.69, 9.17) is 4.74 Å². The van der Waals surface area contributed by atoms with Crippen molar-refractivity contribution in [1.29, 1.82) is 0 Å². The fourth-order valence-electron chi connectivity index (χ4n) is 2.88. The molecule has 1 aromatic rings. The zero-order chi connectivity index (χ0) is 14.5. The topological polar surface area (TPSA) is 41.6 Å². The van der Waals surface area contributed by atoms with E-state index in [9.17, 15) is 4.79 Å². The van der Waals surface area contributed by atoms with Crippen LogP contribution in [0.1, 0.15) is 31.2 Å². The lowest BCUT2D eigenvalue weighted by Gasteiger charge is -2.27. The first kappa shape index (κ1) is 14.9. The summed E-state index contributed by atoms with van der Waals surface area (Å²) in [5, 5.41) is 3.18. The van der Waals surface area contributed by atoms with Gasteiger partial charge in [-0.15, -0.1) is 0 Å². The van der Waals surface area contributed by atoms with Gasteiger partial charge < -0.3 is 15.0 Å². The van der Waals surface area contributed by atoms with Crippen LogP contribution in [0.5, 0.6) is 5.75 Å². The molecule has 1 aliphatic heterocycles. The Morgan fingerprint density at radius 2 is 2.35 bits per heavy atom. The molecule has 2 atom stereocenters. The summed E-state index contributed by atoms with van der Waals surface area (Å²) in [5.74, 6) is 0.897. The molecular weight excluding hydrogens is 252 g/mol. The highest BCUT2D eigenvalue weighted by Crippen LogP contribution is 2.26. The molecule has 1 fully saturated rings. The number of rotatable bonds is 5. The minimum Gasteiger partial charge on any atom is -0.497 e. The molecule has 1 N–H and O–H groups in total. The lowest BCUT2D eigenvalue weighted by Crippen LogP contribution is -2.42. The second kappa shape index (κ2) is 6.75. The molecule has 110 valence electrons. The SMILES string of the molecule is CNCC1CCCN1C(=O)C(C)c1cccc(OC)c1. The molecule has 0 saturated carbocycles. The van der Waals surface area contributed by atoms with Crippen molar-refractivity contribution in [2.45, 2.75) is 31.7 Å². The van der Waals surface area contributed by atoms with Crippen molar-refractivity contribution in [3.63, 3.8) is 0 Å². The zero-order valence-corrected chi connectivity index (χ0v) is 12.6. The monoisotopic (exact) mass is 276 g/mol. The molecule has 2 unspecified atom stereocenters. The third kappa shape index (κ3) is 3.12. The van der Waals surface area contributed by atoms with Crippen LogP contribution < -0.4 is 10.1 Å². The number of amides is 1. The number of nitrogens with one attached hydrogen (secondary N) is 1. The smallest absolute Gasteiger partial charge is 0.230 e. The molecule has 2 rings (SSSR count). The van der Waals surface area contributed by atoms with Crippen molar-refractivity contribution in [2.24, 2.45) is 0 Å². The van der Waals surface area contributed by atoms with Gasteiger partial charge in [0.25, 0.3) is 0 Å². The number of likely N-dealkylation sites (tertiary alicyclic amines) is 1. The van der Waals surface area contributed by atoms with Crippen LogP contribution >= 0.6 is 0 Å². The predicted molar refractivity (Wildman–Crippen MR) is 80.1 cm³/mol. The van der Waals surface area contributed by atoms with Gasteiger partial charge in [-0.1, -0.05) is 12.1 Å². The molecule has 1 saturated heterocycles. The zero-order valence-electron chi connectivity index (χ0n) is 12.6. The summed E-state index contributed by atoms with van der Waals surface area (Å²) in [5.41, 5.74) is 1.02. The van der Waals surface area contributed by atoms with Crippen LogP contribution in [0, 0.1) is 0 Å². The Bertz CT molecular complexity index is 462. The number of nitrogens with zero attached hydrogens (tertiary/aromatic N) is 1. The van der Waals surface area contributed by atoms with Crippen LogP contribution in [0.4, 0.5) is 0 Å².